The van der Waals surface area contributed by atoms with Gasteiger partial charge in [0.05, 0.1) is 0 Å². The van der Waals surface area contributed by atoms with Crippen molar-refractivity contribution in [2.75, 3.05) is 20.1 Å². The summed E-state index contributed by atoms with van der Waals surface area (Å²) >= 11 is 0. The Bertz CT molecular complexity index is 461. The van der Waals surface area contributed by atoms with E-state index in [1.807, 2.05) is 18.2 Å². The summed E-state index contributed by atoms with van der Waals surface area (Å²) in [5.41, 5.74) is 0.942. The maximum Gasteiger partial charge on any atom is 0.234 e. The van der Waals surface area contributed by atoms with Crippen molar-refractivity contribution in [1.82, 2.24) is 15.2 Å². The van der Waals surface area contributed by atoms with Gasteiger partial charge in [-0.25, -0.2) is 0 Å². The molecule has 0 aromatic carbocycles. The van der Waals surface area contributed by atoms with Crippen molar-refractivity contribution in [3.05, 3.63) is 30.1 Å². The molecule has 1 N–H and O–H groups in total. The molecule has 0 radical (unpaired) electrons. The number of nitrogens with zero attached hydrogens (tertiary/aromatic N) is 2. The van der Waals surface area contributed by atoms with E-state index in [9.17, 15) is 9.59 Å². The molecule has 1 aromatic rings. The van der Waals surface area contributed by atoms with Gasteiger partial charge in [-0.2, -0.15) is 0 Å². The van der Waals surface area contributed by atoms with Crippen LogP contribution < -0.4 is 5.32 Å². The van der Waals surface area contributed by atoms with E-state index < -0.39 is 5.92 Å². The molecule has 1 atom stereocenters. The van der Waals surface area contributed by atoms with Crippen LogP contribution >= 0.6 is 0 Å². The lowest BCUT2D eigenvalue weighted by atomic mass is 10.0. The Morgan fingerprint density at radius 3 is 3.05 bits per heavy atom. The highest BCUT2D eigenvalue weighted by molar-refractivity contribution is 6.00. The lowest BCUT2D eigenvalue weighted by Crippen LogP contribution is -2.41. The Labute approximate surface area is 119 Å². The number of hydrogen-bond donors (Lipinski definition) is 1. The van der Waals surface area contributed by atoms with Crippen LogP contribution in [0.15, 0.2) is 24.4 Å². The Balaban J connectivity index is 1.83. The zero-order chi connectivity index (χ0) is 14.4. The van der Waals surface area contributed by atoms with E-state index in [-0.39, 0.29) is 11.8 Å². The molecule has 0 aliphatic carbocycles. The summed E-state index contributed by atoms with van der Waals surface area (Å²) in [4.78, 5) is 30.1. The van der Waals surface area contributed by atoms with Crippen LogP contribution in [0.25, 0.3) is 0 Å². The van der Waals surface area contributed by atoms with Crippen molar-refractivity contribution in [3.63, 3.8) is 0 Å². The van der Waals surface area contributed by atoms with Gasteiger partial charge in [0.2, 0.25) is 11.8 Å². The lowest BCUT2D eigenvalue weighted by molar-refractivity contribution is -0.140. The first-order chi connectivity index (χ1) is 9.68. The molecule has 5 nitrogen and oxygen atoms in total. The fourth-order valence-electron chi connectivity index (χ4n) is 2.42. The van der Waals surface area contributed by atoms with Gasteiger partial charge in [0.1, 0.15) is 5.92 Å². The van der Waals surface area contributed by atoms with Crippen molar-refractivity contribution in [2.45, 2.75) is 25.7 Å². The third kappa shape index (κ3) is 3.79. The highest BCUT2D eigenvalue weighted by atomic mass is 16.2. The average Bonchev–Trinajstić information content (AvgIpc) is 2.63. The predicted octanol–water partition coefficient (Wildman–Crippen LogP) is 0.999. The lowest BCUT2D eigenvalue weighted by Gasteiger charge is -2.19. The van der Waals surface area contributed by atoms with Crippen molar-refractivity contribution < 1.29 is 9.59 Å². The predicted molar refractivity (Wildman–Crippen MR) is 75.9 cm³/mol. The summed E-state index contributed by atoms with van der Waals surface area (Å²) in [7, 11) is 1.77. The van der Waals surface area contributed by atoms with Crippen LogP contribution in [-0.2, 0) is 16.0 Å². The van der Waals surface area contributed by atoms with Crippen molar-refractivity contribution >= 4 is 11.8 Å². The van der Waals surface area contributed by atoms with E-state index in [0.29, 0.717) is 19.4 Å². The van der Waals surface area contributed by atoms with Gasteiger partial charge in [-0.3, -0.25) is 14.6 Å². The molecule has 1 aromatic heterocycles. The fourth-order valence-corrected chi connectivity index (χ4v) is 2.42. The van der Waals surface area contributed by atoms with Gasteiger partial charge >= 0.3 is 0 Å². The monoisotopic (exact) mass is 275 g/mol. The molecule has 1 fully saturated rings. The van der Waals surface area contributed by atoms with Crippen LogP contribution in [-0.4, -0.2) is 41.8 Å². The summed E-state index contributed by atoms with van der Waals surface area (Å²) in [6, 6.07) is 5.72. The number of carbonyl (C=O) groups excluding carboxylic acids is 2. The van der Waals surface area contributed by atoms with E-state index in [0.717, 1.165) is 25.1 Å². The van der Waals surface area contributed by atoms with Crippen molar-refractivity contribution in [1.29, 1.82) is 0 Å². The molecule has 2 amide bonds. The molecule has 0 spiro atoms. The SMILES string of the molecule is CN1CCCCC(C(=O)NCCc2ccccn2)C1=O. The maximum atomic E-state index is 12.1. The van der Waals surface area contributed by atoms with Gasteiger partial charge < -0.3 is 10.2 Å². The standard InChI is InChI=1S/C15H21N3O2/c1-18-11-5-3-7-13(15(18)20)14(19)17-10-8-12-6-2-4-9-16-12/h2,4,6,9,13H,3,5,7-8,10-11H2,1H3,(H,17,19). The fraction of sp³-hybridized carbons (Fsp3) is 0.533. The smallest absolute Gasteiger partial charge is 0.234 e. The van der Waals surface area contributed by atoms with E-state index in [2.05, 4.69) is 10.3 Å². The second-order valence-electron chi connectivity index (χ2n) is 5.17. The summed E-state index contributed by atoms with van der Waals surface area (Å²) < 4.78 is 0. The second-order valence-corrected chi connectivity index (χ2v) is 5.17. The van der Waals surface area contributed by atoms with Crippen molar-refractivity contribution in [2.24, 2.45) is 5.92 Å². The largest absolute Gasteiger partial charge is 0.355 e. The molecule has 1 unspecified atom stereocenters. The van der Waals surface area contributed by atoms with Gasteiger partial charge in [-0.1, -0.05) is 12.5 Å². The Hall–Kier alpha value is -1.91. The number of amides is 2. The van der Waals surface area contributed by atoms with Crippen LogP contribution in [0.5, 0.6) is 0 Å². The molecular formula is C15H21N3O2. The third-order valence-electron chi connectivity index (χ3n) is 3.63. The zero-order valence-electron chi connectivity index (χ0n) is 11.8. The average molecular weight is 275 g/mol. The van der Waals surface area contributed by atoms with E-state index in [1.165, 1.54) is 0 Å². The molecule has 2 rings (SSSR count). The van der Waals surface area contributed by atoms with Gasteiger partial charge in [0, 0.05) is 38.4 Å². The summed E-state index contributed by atoms with van der Waals surface area (Å²) in [6.45, 7) is 1.26. The molecule has 1 aliphatic rings. The third-order valence-corrected chi connectivity index (χ3v) is 3.63. The Kier molecular flexibility index (Phi) is 5.09. The molecule has 2 heterocycles. The quantitative estimate of drug-likeness (QED) is 0.834. The Morgan fingerprint density at radius 2 is 2.30 bits per heavy atom. The van der Waals surface area contributed by atoms with Gasteiger partial charge in [0.25, 0.3) is 0 Å². The van der Waals surface area contributed by atoms with E-state index in [4.69, 9.17) is 0 Å². The first-order valence-electron chi connectivity index (χ1n) is 7.11. The van der Waals surface area contributed by atoms with Crippen LogP contribution in [0.1, 0.15) is 25.0 Å². The zero-order valence-corrected chi connectivity index (χ0v) is 11.8. The highest BCUT2D eigenvalue weighted by Gasteiger charge is 2.30. The number of carbonyl (C=O) groups is 2. The number of hydrogen-bond acceptors (Lipinski definition) is 3. The molecule has 108 valence electrons. The number of aromatic nitrogens is 1. The minimum atomic E-state index is -0.522. The topological polar surface area (TPSA) is 62.3 Å². The van der Waals surface area contributed by atoms with Crippen LogP contribution in [0.3, 0.4) is 0 Å². The molecule has 1 aliphatic heterocycles. The van der Waals surface area contributed by atoms with Gasteiger partial charge in [-0.15, -0.1) is 0 Å². The van der Waals surface area contributed by atoms with Gasteiger partial charge in [-0.05, 0) is 25.0 Å². The van der Waals surface area contributed by atoms with E-state index >= 15 is 0 Å². The molecule has 5 heteroatoms. The van der Waals surface area contributed by atoms with Crippen molar-refractivity contribution in [3.8, 4) is 0 Å². The minimum Gasteiger partial charge on any atom is -0.355 e. The first-order valence-corrected chi connectivity index (χ1v) is 7.11. The van der Waals surface area contributed by atoms with Crippen LogP contribution in [0, 0.1) is 5.92 Å². The van der Waals surface area contributed by atoms with Crippen LogP contribution in [0.4, 0.5) is 0 Å². The Morgan fingerprint density at radius 1 is 1.45 bits per heavy atom. The number of pyridine rings is 1. The molecule has 0 bridgehead atoms. The summed E-state index contributed by atoms with van der Waals surface area (Å²) in [6.07, 6.45) is 4.97. The number of rotatable bonds is 4. The van der Waals surface area contributed by atoms with E-state index in [1.54, 1.807) is 18.1 Å². The number of nitrogens with one attached hydrogen (secondary N) is 1. The summed E-state index contributed by atoms with van der Waals surface area (Å²) in [5, 5.41) is 2.85. The highest BCUT2D eigenvalue weighted by Crippen LogP contribution is 2.16. The second kappa shape index (κ2) is 7.03. The molecule has 0 saturated carbocycles. The van der Waals surface area contributed by atoms with Crippen LogP contribution in [0.2, 0.25) is 0 Å². The maximum absolute atomic E-state index is 12.1. The summed E-state index contributed by atoms with van der Waals surface area (Å²) in [5.74, 6) is -0.733. The minimum absolute atomic E-state index is 0.0576. The molecular weight excluding hydrogens is 254 g/mol. The molecule has 20 heavy (non-hydrogen) atoms. The normalized spacial score (nSPS) is 19.6. The van der Waals surface area contributed by atoms with Gasteiger partial charge in [0.15, 0.2) is 0 Å². The molecule has 1 saturated heterocycles. The number of likely N-dealkylation sites (tertiary alicyclic amines) is 1. The first kappa shape index (κ1) is 14.5.